The summed E-state index contributed by atoms with van der Waals surface area (Å²) in [5.74, 6) is -0.231. The molecule has 1 aromatic rings. The highest BCUT2D eigenvalue weighted by molar-refractivity contribution is 5.92. The van der Waals surface area contributed by atoms with Crippen molar-refractivity contribution in [3.05, 3.63) is 33.9 Å². The average Bonchev–Trinajstić information content (AvgIpc) is 2.29. The van der Waals surface area contributed by atoms with Gasteiger partial charge in [-0.25, -0.2) is 0 Å². The van der Waals surface area contributed by atoms with Gasteiger partial charge in [0, 0.05) is 17.3 Å². The maximum atomic E-state index is 11.3. The van der Waals surface area contributed by atoms with Crippen molar-refractivity contribution in [3.63, 3.8) is 0 Å². The van der Waals surface area contributed by atoms with Crippen LogP contribution in [0, 0.1) is 10.1 Å². The van der Waals surface area contributed by atoms with E-state index in [-0.39, 0.29) is 18.1 Å². The van der Waals surface area contributed by atoms with Gasteiger partial charge in [-0.05, 0) is 19.5 Å². The molecule has 0 heterocycles. The molecular formula is C11H15N3O3. The maximum absolute atomic E-state index is 11.3. The summed E-state index contributed by atoms with van der Waals surface area (Å²) < 4.78 is 0. The Morgan fingerprint density at radius 1 is 1.47 bits per heavy atom. The number of nitrogens with one attached hydrogen (secondary N) is 2. The number of rotatable bonds is 5. The first-order valence-corrected chi connectivity index (χ1v) is 5.30. The predicted molar refractivity (Wildman–Crippen MR) is 65.0 cm³/mol. The van der Waals surface area contributed by atoms with Crippen molar-refractivity contribution in [2.75, 3.05) is 18.9 Å². The second-order valence-corrected chi connectivity index (χ2v) is 3.53. The Balaban J connectivity index is 2.92. The van der Waals surface area contributed by atoms with E-state index in [2.05, 4.69) is 10.6 Å². The lowest BCUT2D eigenvalue weighted by Crippen LogP contribution is -2.25. The zero-order valence-corrected chi connectivity index (χ0v) is 9.82. The van der Waals surface area contributed by atoms with Crippen LogP contribution in [0.2, 0.25) is 0 Å². The number of hydrogen-bond donors (Lipinski definition) is 2. The van der Waals surface area contributed by atoms with Crippen LogP contribution in [-0.2, 0) is 11.2 Å². The van der Waals surface area contributed by atoms with Crippen LogP contribution in [0.5, 0.6) is 0 Å². The third-order valence-electron chi connectivity index (χ3n) is 2.28. The molecule has 0 aromatic heterocycles. The van der Waals surface area contributed by atoms with Gasteiger partial charge in [0.25, 0.3) is 5.69 Å². The summed E-state index contributed by atoms with van der Waals surface area (Å²) in [6.07, 6.45) is 0.584. The molecule has 6 heteroatoms. The van der Waals surface area contributed by atoms with Crippen molar-refractivity contribution in [2.45, 2.75) is 13.3 Å². The molecule has 0 atom stereocenters. The Morgan fingerprint density at radius 3 is 2.71 bits per heavy atom. The summed E-state index contributed by atoms with van der Waals surface area (Å²) in [6, 6.07) is 4.71. The first kappa shape index (κ1) is 13.1. The zero-order chi connectivity index (χ0) is 12.8. The molecule has 0 unspecified atom stereocenters. The molecule has 0 fully saturated rings. The fourth-order valence-corrected chi connectivity index (χ4v) is 1.48. The van der Waals surface area contributed by atoms with Crippen molar-refractivity contribution in [1.29, 1.82) is 0 Å². The van der Waals surface area contributed by atoms with E-state index in [9.17, 15) is 14.9 Å². The monoisotopic (exact) mass is 237 g/mol. The zero-order valence-electron chi connectivity index (χ0n) is 9.82. The number of carbonyl (C=O) groups is 1. The van der Waals surface area contributed by atoms with Crippen LogP contribution in [0.3, 0.4) is 0 Å². The molecule has 1 aromatic carbocycles. The Kier molecular flexibility index (Phi) is 4.59. The van der Waals surface area contributed by atoms with Gasteiger partial charge in [0.05, 0.1) is 11.5 Å². The van der Waals surface area contributed by atoms with Gasteiger partial charge in [0.15, 0.2) is 0 Å². The Labute approximate surface area is 99.2 Å². The highest BCUT2D eigenvalue weighted by Crippen LogP contribution is 2.23. The summed E-state index contributed by atoms with van der Waals surface area (Å²) >= 11 is 0. The Morgan fingerprint density at radius 2 is 2.18 bits per heavy atom. The SMILES string of the molecule is CCc1ccc(NC(=O)CNC)cc1[N+](=O)[O-]. The number of nitrogens with zero attached hydrogens (tertiary/aromatic N) is 1. The number of benzene rings is 1. The van der Waals surface area contributed by atoms with Crippen molar-refractivity contribution >= 4 is 17.3 Å². The fraction of sp³-hybridized carbons (Fsp3) is 0.364. The summed E-state index contributed by atoms with van der Waals surface area (Å²) in [4.78, 5) is 21.7. The van der Waals surface area contributed by atoms with E-state index in [0.29, 0.717) is 17.7 Å². The Hall–Kier alpha value is -1.95. The average molecular weight is 237 g/mol. The lowest BCUT2D eigenvalue weighted by atomic mass is 10.1. The van der Waals surface area contributed by atoms with Crippen LogP contribution in [0.15, 0.2) is 18.2 Å². The van der Waals surface area contributed by atoms with Crippen LogP contribution in [0.1, 0.15) is 12.5 Å². The molecule has 0 aliphatic rings. The number of carbonyl (C=O) groups excluding carboxylic acids is 1. The number of nitro groups is 1. The van der Waals surface area contributed by atoms with Gasteiger partial charge in [-0.3, -0.25) is 14.9 Å². The summed E-state index contributed by atoms with van der Waals surface area (Å²) in [5, 5.41) is 16.1. The number of aryl methyl sites for hydroxylation is 1. The smallest absolute Gasteiger partial charge is 0.274 e. The number of likely N-dealkylation sites (N-methyl/N-ethyl adjacent to an activating group) is 1. The lowest BCUT2D eigenvalue weighted by molar-refractivity contribution is -0.385. The molecule has 0 saturated carbocycles. The number of hydrogen-bond acceptors (Lipinski definition) is 4. The van der Waals surface area contributed by atoms with Gasteiger partial charge in [0.1, 0.15) is 0 Å². The number of nitro benzene ring substituents is 1. The molecule has 0 saturated heterocycles. The van der Waals surface area contributed by atoms with E-state index in [4.69, 9.17) is 0 Å². The van der Waals surface area contributed by atoms with Gasteiger partial charge < -0.3 is 10.6 Å². The molecule has 17 heavy (non-hydrogen) atoms. The van der Waals surface area contributed by atoms with E-state index in [1.165, 1.54) is 6.07 Å². The van der Waals surface area contributed by atoms with Crippen molar-refractivity contribution in [2.24, 2.45) is 0 Å². The molecule has 0 aliphatic carbocycles. The normalized spacial score (nSPS) is 10.0. The van der Waals surface area contributed by atoms with E-state index >= 15 is 0 Å². The molecule has 1 rings (SSSR count). The third kappa shape index (κ3) is 3.53. The van der Waals surface area contributed by atoms with Crippen LogP contribution in [0.25, 0.3) is 0 Å². The minimum atomic E-state index is -0.438. The van der Waals surface area contributed by atoms with E-state index in [1.54, 1.807) is 19.2 Å². The summed E-state index contributed by atoms with van der Waals surface area (Å²) in [7, 11) is 1.65. The maximum Gasteiger partial charge on any atom is 0.274 e. The highest BCUT2D eigenvalue weighted by atomic mass is 16.6. The van der Waals surface area contributed by atoms with Crippen LogP contribution in [-0.4, -0.2) is 24.4 Å². The van der Waals surface area contributed by atoms with Crippen LogP contribution >= 0.6 is 0 Å². The minimum Gasteiger partial charge on any atom is -0.325 e. The largest absolute Gasteiger partial charge is 0.325 e. The van der Waals surface area contributed by atoms with Crippen molar-refractivity contribution in [1.82, 2.24) is 5.32 Å². The molecule has 2 N–H and O–H groups in total. The molecule has 0 aliphatic heterocycles. The molecule has 1 amide bonds. The molecular weight excluding hydrogens is 222 g/mol. The van der Waals surface area contributed by atoms with Gasteiger partial charge in [-0.1, -0.05) is 13.0 Å². The first-order chi connectivity index (χ1) is 8.08. The topological polar surface area (TPSA) is 84.3 Å². The molecule has 0 bridgehead atoms. The first-order valence-electron chi connectivity index (χ1n) is 5.30. The van der Waals surface area contributed by atoms with E-state index in [0.717, 1.165) is 0 Å². The van der Waals surface area contributed by atoms with Gasteiger partial charge >= 0.3 is 0 Å². The molecule has 92 valence electrons. The number of amides is 1. The van der Waals surface area contributed by atoms with Gasteiger partial charge in [-0.2, -0.15) is 0 Å². The fourth-order valence-electron chi connectivity index (χ4n) is 1.48. The van der Waals surface area contributed by atoms with E-state index < -0.39 is 4.92 Å². The van der Waals surface area contributed by atoms with Gasteiger partial charge in [0.2, 0.25) is 5.91 Å². The van der Waals surface area contributed by atoms with Crippen molar-refractivity contribution < 1.29 is 9.72 Å². The minimum absolute atomic E-state index is 0.0368. The van der Waals surface area contributed by atoms with E-state index in [1.807, 2.05) is 6.92 Å². The van der Waals surface area contributed by atoms with Crippen LogP contribution < -0.4 is 10.6 Å². The second kappa shape index (κ2) is 5.95. The van der Waals surface area contributed by atoms with Crippen LogP contribution in [0.4, 0.5) is 11.4 Å². The Bertz CT molecular complexity index is 432. The predicted octanol–water partition coefficient (Wildman–Crippen LogP) is 1.32. The third-order valence-corrected chi connectivity index (χ3v) is 2.28. The standard InChI is InChI=1S/C11H15N3O3/c1-3-8-4-5-9(6-10(8)14(16)17)13-11(15)7-12-2/h4-6,12H,3,7H2,1-2H3,(H,13,15). The second-order valence-electron chi connectivity index (χ2n) is 3.53. The molecule has 6 nitrogen and oxygen atoms in total. The highest BCUT2D eigenvalue weighted by Gasteiger charge is 2.13. The van der Waals surface area contributed by atoms with Crippen molar-refractivity contribution in [3.8, 4) is 0 Å². The molecule has 0 spiro atoms. The quantitative estimate of drug-likeness (QED) is 0.597. The summed E-state index contributed by atoms with van der Waals surface area (Å²) in [5.41, 5.74) is 1.13. The molecule has 0 radical (unpaired) electrons. The number of anilines is 1. The lowest BCUT2D eigenvalue weighted by Gasteiger charge is -2.06. The summed E-state index contributed by atoms with van der Waals surface area (Å²) in [6.45, 7) is 2.02. The van der Waals surface area contributed by atoms with Gasteiger partial charge in [-0.15, -0.1) is 0 Å².